The molecule has 2 aliphatic rings. The summed E-state index contributed by atoms with van der Waals surface area (Å²) in [5.74, 6) is 1.02. The average Bonchev–Trinajstić information content (AvgIpc) is 2.33. The first-order valence-electron chi connectivity index (χ1n) is 7.12. The van der Waals surface area contributed by atoms with Crippen LogP contribution in [0, 0.1) is 17.8 Å². The van der Waals surface area contributed by atoms with Crippen LogP contribution in [0.2, 0.25) is 0 Å². The highest BCUT2D eigenvalue weighted by Crippen LogP contribution is 2.31. The van der Waals surface area contributed by atoms with Crippen molar-refractivity contribution in [3.05, 3.63) is 0 Å². The molecule has 3 heteroatoms. The van der Waals surface area contributed by atoms with E-state index in [-0.39, 0.29) is 5.92 Å². The number of carboxylic acids is 1. The van der Waals surface area contributed by atoms with Gasteiger partial charge in [-0.25, -0.2) is 0 Å². The average molecular weight is 239 g/mol. The molecule has 17 heavy (non-hydrogen) atoms. The minimum absolute atomic E-state index is 0.0879. The molecule has 1 heterocycles. The molecule has 1 saturated carbocycles. The highest BCUT2D eigenvalue weighted by atomic mass is 16.4. The van der Waals surface area contributed by atoms with Crippen molar-refractivity contribution in [2.24, 2.45) is 17.8 Å². The van der Waals surface area contributed by atoms with Crippen molar-refractivity contribution >= 4 is 5.97 Å². The fourth-order valence-electron chi connectivity index (χ4n) is 3.36. The molecule has 1 aliphatic heterocycles. The first-order valence-corrected chi connectivity index (χ1v) is 7.12. The molecule has 0 radical (unpaired) electrons. The Hall–Kier alpha value is -0.570. The predicted molar refractivity (Wildman–Crippen MR) is 67.9 cm³/mol. The van der Waals surface area contributed by atoms with E-state index in [2.05, 4.69) is 11.8 Å². The summed E-state index contributed by atoms with van der Waals surface area (Å²) in [5, 5.41) is 8.97. The van der Waals surface area contributed by atoms with E-state index in [1.54, 1.807) is 0 Å². The zero-order valence-corrected chi connectivity index (χ0v) is 10.9. The quantitative estimate of drug-likeness (QED) is 0.823. The molecule has 3 nitrogen and oxygen atoms in total. The molecule has 1 saturated heterocycles. The summed E-state index contributed by atoms with van der Waals surface area (Å²) < 4.78 is 0. The van der Waals surface area contributed by atoms with Crippen molar-refractivity contribution in [2.75, 3.05) is 19.6 Å². The van der Waals surface area contributed by atoms with Gasteiger partial charge in [-0.05, 0) is 44.2 Å². The standard InChI is InChI=1S/C14H25NO2/c1-11-4-2-3-5-13(11)10-15-8-6-12(7-9-15)14(16)17/h11-13H,2-10H2,1H3,(H,16,17). The Morgan fingerprint density at radius 2 is 1.82 bits per heavy atom. The zero-order valence-electron chi connectivity index (χ0n) is 10.9. The van der Waals surface area contributed by atoms with Gasteiger partial charge >= 0.3 is 5.97 Å². The van der Waals surface area contributed by atoms with Gasteiger partial charge in [-0.2, -0.15) is 0 Å². The third kappa shape index (κ3) is 3.44. The zero-order chi connectivity index (χ0) is 12.3. The van der Waals surface area contributed by atoms with Gasteiger partial charge in [0.1, 0.15) is 0 Å². The fourth-order valence-corrected chi connectivity index (χ4v) is 3.36. The lowest BCUT2D eigenvalue weighted by Gasteiger charge is -2.36. The van der Waals surface area contributed by atoms with Crippen LogP contribution in [0.25, 0.3) is 0 Å². The van der Waals surface area contributed by atoms with Gasteiger partial charge in [-0.1, -0.05) is 26.2 Å². The maximum atomic E-state index is 10.9. The van der Waals surface area contributed by atoms with Crippen molar-refractivity contribution in [1.82, 2.24) is 4.90 Å². The molecule has 0 amide bonds. The van der Waals surface area contributed by atoms with Crippen LogP contribution >= 0.6 is 0 Å². The van der Waals surface area contributed by atoms with E-state index in [4.69, 9.17) is 5.11 Å². The van der Waals surface area contributed by atoms with Crippen LogP contribution in [-0.4, -0.2) is 35.6 Å². The smallest absolute Gasteiger partial charge is 0.306 e. The number of hydrogen-bond donors (Lipinski definition) is 1. The number of nitrogens with zero attached hydrogens (tertiary/aromatic N) is 1. The number of aliphatic carboxylic acids is 1. The van der Waals surface area contributed by atoms with Crippen molar-refractivity contribution in [1.29, 1.82) is 0 Å². The minimum atomic E-state index is -0.601. The SMILES string of the molecule is CC1CCCCC1CN1CCC(C(=O)O)CC1. The van der Waals surface area contributed by atoms with E-state index in [0.717, 1.165) is 37.8 Å². The number of piperidine rings is 1. The topological polar surface area (TPSA) is 40.5 Å². The van der Waals surface area contributed by atoms with Crippen LogP contribution in [-0.2, 0) is 4.79 Å². The van der Waals surface area contributed by atoms with Gasteiger partial charge in [-0.15, -0.1) is 0 Å². The number of likely N-dealkylation sites (tertiary alicyclic amines) is 1. The van der Waals surface area contributed by atoms with Gasteiger partial charge in [-0.3, -0.25) is 4.79 Å². The van der Waals surface area contributed by atoms with Gasteiger partial charge < -0.3 is 10.0 Å². The van der Waals surface area contributed by atoms with Crippen LogP contribution in [0.15, 0.2) is 0 Å². The molecular formula is C14H25NO2. The molecule has 0 bridgehead atoms. The van der Waals surface area contributed by atoms with Gasteiger partial charge in [0.15, 0.2) is 0 Å². The number of carboxylic acid groups (broad SMARTS) is 1. The van der Waals surface area contributed by atoms with Crippen molar-refractivity contribution in [3.63, 3.8) is 0 Å². The van der Waals surface area contributed by atoms with E-state index in [1.165, 1.54) is 32.2 Å². The van der Waals surface area contributed by atoms with Crippen LogP contribution in [0.1, 0.15) is 45.4 Å². The first kappa shape index (κ1) is 12.9. The number of carbonyl (C=O) groups is 1. The third-order valence-electron chi connectivity index (χ3n) is 4.72. The summed E-state index contributed by atoms with van der Waals surface area (Å²) in [4.78, 5) is 13.4. The molecule has 98 valence electrons. The van der Waals surface area contributed by atoms with Crippen LogP contribution < -0.4 is 0 Å². The Morgan fingerprint density at radius 3 is 2.41 bits per heavy atom. The van der Waals surface area contributed by atoms with E-state index in [0.29, 0.717) is 0 Å². The molecule has 2 fully saturated rings. The largest absolute Gasteiger partial charge is 0.481 e. The Balaban J connectivity index is 1.75. The van der Waals surface area contributed by atoms with E-state index >= 15 is 0 Å². The van der Waals surface area contributed by atoms with E-state index < -0.39 is 5.97 Å². The molecule has 2 unspecified atom stereocenters. The number of rotatable bonds is 3. The van der Waals surface area contributed by atoms with Crippen molar-refractivity contribution in [3.8, 4) is 0 Å². The molecule has 2 atom stereocenters. The van der Waals surface area contributed by atoms with Crippen LogP contribution in [0.4, 0.5) is 0 Å². The Morgan fingerprint density at radius 1 is 1.18 bits per heavy atom. The Kier molecular flexibility index (Phi) is 4.43. The summed E-state index contributed by atoms with van der Waals surface area (Å²) in [5.41, 5.74) is 0. The molecule has 0 spiro atoms. The number of hydrogen-bond acceptors (Lipinski definition) is 2. The lowest BCUT2D eigenvalue weighted by atomic mass is 9.80. The first-order chi connectivity index (χ1) is 8.16. The van der Waals surface area contributed by atoms with Crippen LogP contribution in [0.5, 0.6) is 0 Å². The normalized spacial score (nSPS) is 32.5. The summed E-state index contributed by atoms with van der Waals surface area (Å²) in [6.45, 7) is 5.56. The van der Waals surface area contributed by atoms with Gasteiger partial charge in [0, 0.05) is 6.54 Å². The van der Waals surface area contributed by atoms with Crippen LogP contribution in [0.3, 0.4) is 0 Å². The van der Waals surface area contributed by atoms with E-state index in [1.807, 2.05) is 0 Å². The molecule has 0 aromatic rings. The highest BCUT2D eigenvalue weighted by Gasteiger charge is 2.28. The Bertz CT molecular complexity index is 259. The molecule has 1 aliphatic carbocycles. The summed E-state index contributed by atoms with van der Waals surface area (Å²) in [6, 6.07) is 0. The summed E-state index contributed by atoms with van der Waals surface area (Å²) in [6.07, 6.45) is 7.24. The van der Waals surface area contributed by atoms with E-state index in [9.17, 15) is 4.79 Å². The fraction of sp³-hybridized carbons (Fsp3) is 0.929. The summed E-state index contributed by atoms with van der Waals surface area (Å²) in [7, 11) is 0. The summed E-state index contributed by atoms with van der Waals surface area (Å²) >= 11 is 0. The maximum Gasteiger partial charge on any atom is 0.306 e. The third-order valence-corrected chi connectivity index (χ3v) is 4.72. The van der Waals surface area contributed by atoms with Crippen molar-refractivity contribution in [2.45, 2.75) is 45.4 Å². The molecule has 0 aromatic carbocycles. The van der Waals surface area contributed by atoms with Gasteiger partial charge in [0.05, 0.1) is 5.92 Å². The Labute approximate surface area is 104 Å². The van der Waals surface area contributed by atoms with Gasteiger partial charge in [0.2, 0.25) is 0 Å². The van der Waals surface area contributed by atoms with Gasteiger partial charge in [0.25, 0.3) is 0 Å². The molecule has 2 rings (SSSR count). The molecule has 0 aromatic heterocycles. The maximum absolute atomic E-state index is 10.9. The second kappa shape index (κ2) is 5.85. The molecular weight excluding hydrogens is 214 g/mol. The lowest BCUT2D eigenvalue weighted by molar-refractivity contribution is -0.143. The lowest BCUT2D eigenvalue weighted by Crippen LogP contribution is -2.40. The predicted octanol–water partition coefficient (Wildman–Crippen LogP) is 2.61. The van der Waals surface area contributed by atoms with Crippen molar-refractivity contribution < 1.29 is 9.90 Å². The minimum Gasteiger partial charge on any atom is -0.481 e. The second-order valence-corrected chi connectivity index (χ2v) is 5.93. The molecule has 1 N–H and O–H groups in total. The monoisotopic (exact) mass is 239 g/mol. The second-order valence-electron chi connectivity index (χ2n) is 5.93. The highest BCUT2D eigenvalue weighted by molar-refractivity contribution is 5.70.